The monoisotopic (exact) mass is 291 g/mol. The molecule has 1 amide bonds. The number of aryl methyl sites for hydroxylation is 2. The highest BCUT2D eigenvalue weighted by molar-refractivity contribution is 7.11. The molecule has 0 aliphatic rings. The molecule has 0 spiro atoms. The maximum Gasteiger partial charge on any atom is 0.251 e. The topological polar surface area (TPSA) is 64.0 Å². The first-order valence-corrected chi connectivity index (χ1v) is 7.30. The molecule has 0 aliphatic carbocycles. The Bertz CT molecular complexity index is 660. The fourth-order valence-electron chi connectivity index (χ4n) is 1.70. The lowest BCUT2D eigenvalue weighted by molar-refractivity contribution is 0.0954. The van der Waals surface area contributed by atoms with Gasteiger partial charge < -0.3 is 9.88 Å². The van der Waals surface area contributed by atoms with Gasteiger partial charge in [0.05, 0.1) is 5.01 Å². The summed E-state index contributed by atoms with van der Waals surface area (Å²) in [5, 5.41) is 3.82. The van der Waals surface area contributed by atoms with Gasteiger partial charge in [-0.3, -0.25) is 9.59 Å². The van der Waals surface area contributed by atoms with Gasteiger partial charge in [0, 0.05) is 48.9 Å². The minimum Gasteiger partial charge on any atom is -0.352 e. The van der Waals surface area contributed by atoms with Crippen LogP contribution < -0.4 is 10.9 Å². The number of amides is 1. The number of thiazole rings is 1. The van der Waals surface area contributed by atoms with Crippen LogP contribution in [0.15, 0.2) is 29.3 Å². The number of pyridine rings is 1. The minimum atomic E-state index is -0.227. The molecule has 106 valence electrons. The molecule has 0 aromatic carbocycles. The number of nitrogens with one attached hydrogen (secondary N) is 1. The Morgan fingerprint density at radius 3 is 2.95 bits per heavy atom. The van der Waals surface area contributed by atoms with Crippen LogP contribution in [0.25, 0.3) is 0 Å². The van der Waals surface area contributed by atoms with E-state index in [-0.39, 0.29) is 11.5 Å². The first kappa shape index (κ1) is 14.5. The van der Waals surface area contributed by atoms with Crippen LogP contribution in [0.2, 0.25) is 0 Å². The third-order valence-electron chi connectivity index (χ3n) is 2.94. The Hall–Kier alpha value is -1.95. The predicted molar refractivity (Wildman–Crippen MR) is 79.2 cm³/mol. The zero-order chi connectivity index (χ0) is 14.5. The molecular weight excluding hydrogens is 274 g/mol. The summed E-state index contributed by atoms with van der Waals surface area (Å²) >= 11 is 1.67. The van der Waals surface area contributed by atoms with E-state index in [1.165, 1.54) is 15.5 Å². The van der Waals surface area contributed by atoms with Crippen molar-refractivity contribution in [3.8, 4) is 0 Å². The lowest BCUT2D eigenvalue weighted by Crippen LogP contribution is -2.27. The summed E-state index contributed by atoms with van der Waals surface area (Å²) in [6.45, 7) is 2.61. The van der Waals surface area contributed by atoms with Crippen molar-refractivity contribution in [3.63, 3.8) is 0 Å². The number of nitrogens with zero attached hydrogens (tertiary/aromatic N) is 2. The highest BCUT2D eigenvalue weighted by Crippen LogP contribution is 2.13. The van der Waals surface area contributed by atoms with Gasteiger partial charge >= 0.3 is 0 Å². The number of rotatable bonds is 5. The van der Waals surface area contributed by atoms with E-state index < -0.39 is 0 Å². The molecule has 2 rings (SSSR count). The maximum atomic E-state index is 11.9. The molecule has 0 saturated carbocycles. The van der Waals surface area contributed by atoms with E-state index in [4.69, 9.17) is 0 Å². The first-order chi connectivity index (χ1) is 9.60. The average Bonchev–Trinajstić information content (AvgIpc) is 2.89. The number of carbonyl (C=O) groups excluding carboxylic acids is 1. The van der Waals surface area contributed by atoms with Gasteiger partial charge in [0.2, 0.25) is 0 Å². The molecule has 2 heterocycles. The fourth-order valence-corrected chi connectivity index (χ4v) is 2.56. The van der Waals surface area contributed by atoms with Crippen LogP contribution in [-0.4, -0.2) is 22.0 Å². The van der Waals surface area contributed by atoms with E-state index in [2.05, 4.69) is 17.2 Å². The Kier molecular flexibility index (Phi) is 4.68. The van der Waals surface area contributed by atoms with Crippen LogP contribution in [0.3, 0.4) is 0 Å². The number of carbonyl (C=O) groups is 1. The van der Waals surface area contributed by atoms with Crippen LogP contribution in [0.5, 0.6) is 0 Å². The van der Waals surface area contributed by atoms with Crippen molar-refractivity contribution >= 4 is 17.2 Å². The van der Waals surface area contributed by atoms with E-state index in [0.29, 0.717) is 18.5 Å². The van der Waals surface area contributed by atoms with Gasteiger partial charge in [-0.25, -0.2) is 4.98 Å². The standard InChI is InChI=1S/C14H17N3O2S/c1-3-11-9-16-12(20-11)4-6-15-14(19)10-5-7-17(2)13(18)8-10/h5,7-9H,3-4,6H2,1-2H3,(H,15,19). The minimum absolute atomic E-state index is 0.190. The van der Waals surface area contributed by atoms with Crippen LogP contribution in [0.4, 0.5) is 0 Å². The molecule has 0 unspecified atom stereocenters. The molecule has 6 heteroatoms. The molecule has 0 aliphatic heterocycles. The van der Waals surface area contributed by atoms with Crippen LogP contribution in [0.1, 0.15) is 27.2 Å². The summed E-state index contributed by atoms with van der Waals surface area (Å²) in [7, 11) is 1.65. The van der Waals surface area contributed by atoms with Gasteiger partial charge in [0.15, 0.2) is 0 Å². The summed E-state index contributed by atoms with van der Waals surface area (Å²) in [6, 6.07) is 2.98. The Morgan fingerprint density at radius 2 is 2.30 bits per heavy atom. The van der Waals surface area contributed by atoms with Gasteiger partial charge in [0.1, 0.15) is 0 Å². The molecule has 0 atom stereocenters. The second-order valence-corrected chi connectivity index (χ2v) is 5.64. The summed E-state index contributed by atoms with van der Waals surface area (Å²) in [4.78, 5) is 28.9. The number of hydrogen-bond acceptors (Lipinski definition) is 4. The summed E-state index contributed by atoms with van der Waals surface area (Å²) in [6.07, 6.45) is 5.16. The summed E-state index contributed by atoms with van der Waals surface area (Å²) in [5.41, 5.74) is 0.201. The Morgan fingerprint density at radius 1 is 1.50 bits per heavy atom. The molecule has 5 nitrogen and oxygen atoms in total. The highest BCUT2D eigenvalue weighted by atomic mass is 32.1. The van der Waals surface area contributed by atoms with E-state index in [0.717, 1.165) is 11.4 Å². The van der Waals surface area contributed by atoms with Crippen LogP contribution >= 0.6 is 11.3 Å². The zero-order valence-corrected chi connectivity index (χ0v) is 12.4. The summed E-state index contributed by atoms with van der Waals surface area (Å²) < 4.78 is 1.43. The van der Waals surface area contributed by atoms with Gasteiger partial charge in [-0.05, 0) is 12.5 Å². The van der Waals surface area contributed by atoms with Crippen LogP contribution in [0, 0.1) is 0 Å². The van der Waals surface area contributed by atoms with Crippen molar-refractivity contribution in [1.82, 2.24) is 14.9 Å². The van der Waals surface area contributed by atoms with Gasteiger partial charge in [-0.1, -0.05) is 6.92 Å². The first-order valence-electron chi connectivity index (χ1n) is 6.48. The fraction of sp³-hybridized carbons (Fsp3) is 0.357. The van der Waals surface area contributed by atoms with Crippen LogP contribution in [-0.2, 0) is 19.9 Å². The molecule has 2 aromatic rings. The Labute approximate surface area is 121 Å². The number of hydrogen-bond donors (Lipinski definition) is 1. The second kappa shape index (κ2) is 6.47. The van der Waals surface area contributed by atoms with E-state index in [9.17, 15) is 9.59 Å². The smallest absolute Gasteiger partial charge is 0.251 e. The molecule has 0 radical (unpaired) electrons. The lowest BCUT2D eigenvalue weighted by atomic mass is 10.2. The molecular formula is C14H17N3O2S. The third kappa shape index (κ3) is 3.54. The molecule has 0 saturated heterocycles. The molecule has 20 heavy (non-hydrogen) atoms. The molecule has 0 bridgehead atoms. The molecule has 1 N–H and O–H groups in total. The normalized spacial score (nSPS) is 10.5. The second-order valence-electron chi connectivity index (χ2n) is 4.44. The van der Waals surface area contributed by atoms with E-state index >= 15 is 0 Å². The van der Waals surface area contributed by atoms with Gasteiger partial charge in [-0.2, -0.15) is 0 Å². The van der Waals surface area contributed by atoms with Crippen molar-refractivity contribution in [2.75, 3.05) is 6.54 Å². The number of aromatic nitrogens is 2. The quantitative estimate of drug-likeness (QED) is 0.905. The van der Waals surface area contributed by atoms with Crippen molar-refractivity contribution in [3.05, 3.63) is 50.3 Å². The van der Waals surface area contributed by atoms with E-state index in [1.807, 2.05) is 6.20 Å². The Balaban J connectivity index is 1.88. The maximum absolute atomic E-state index is 11.9. The lowest BCUT2D eigenvalue weighted by Gasteiger charge is -2.04. The van der Waals surface area contributed by atoms with Gasteiger partial charge in [-0.15, -0.1) is 11.3 Å². The van der Waals surface area contributed by atoms with Crippen molar-refractivity contribution in [1.29, 1.82) is 0 Å². The van der Waals surface area contributed by atoms with Crippen molar-refractivity contribution in [2.45, 2.75) is 19.8 Å². The van der Waals surface area contributed by atoms with E-state index in [1.54, 1.807) is 30.6 Å². The van der Waals surface area contributed by atoms with Crippen molar-refractivity contribution < 1.29 is 4.79 Å². The largest absolute Gasteiger partial charge is 0.352 e. The zero-order valence-electron chi connectivity index (χ0n) is 11.5. The van der Waals surface area contributed by atoms with Gasteiger partial charge in [0.25, 0.3) is 11.5 Å². The average molecular weight is 291 g/mol. The third-order valence-corrected chi connectivity index (χ3v) is 4.14. The summed E-state index contributed by atoms with van der Waals surface area (Å²) in [5.74, 6) is -0.227. The molecule has 2 aromatic heterocycles. The van der Waals surface area contributed by atoms with Crippen molar-refractivity contribution in [2.24, 2.45) is 7.05 Å². The molecule has 0 fully saturated rings. The highest BCUT2D eigenvalue weighted by Gasteiger charge is 2.07. The SMILES string of the molecule is CCc1cnc(CCNC(=O)c2ccn(C)c(=O)c2)s1. The predicted octanol–water partition coefficient (Wildman–Crippen LogP) is 1.38.